The third-order valence-electron chi connectivity index (χ3n) is 5.55. The maximum absolute atomic E-state index is 13.2. The van der Waals surface area contributed by atoms with Crippen LogP contribution in [-0.2, 0) is 28.3 Å². The van der Waals surface area contributed by atoms with Crippen LogP contribution in [0.2, 0.25) is 0 Å². The third-order valence-corrected chi connectivity index (χ3v) is 7.43. The number of nitrogens with zero attached hydrogens (tertiary/aromatic N) is 5. The fraction of sp³-hybridized carbons (Fsp3) is 0.476. The first-order valence-electron chi connectivity index (χ1n) is 10.8. The van der Waals surface area contributed by atoms with Gasteiger partial charge in [0.1, 0.15) is 17.4 Å². The fourth-order valence-electron chi connectivity index (χ4n) is 4.07. The van der Waals surface area contributed by atoms with Gasteiger partial charge in [-0.1, -0.05) is 31.5 Å². The molecule has 1 unspecified atom stereocenters. The average Bonchev–Trinajstić information content (AvgIpc) is 3.10. The Hall–Kier alpha value is -2.60. The zero-order valence-corrected chi connectivity index (χ0v) is 19.3. The first kappa shape index (κ1) is 22.6. The van der Waals surface area contributed by atoms with Gasteiger partial charge in [0.05, 0.1) is 17.2 Å². The zero-order valence-electron chi connectivity index (χ0n) is 18.5. The first-order chi connectivity index (χ1) is 15.4. The predicted octanol–water partition coefficient (Wildman–Crippen LogP) is 1.61. The van der Waals surface area contributed by atoms with E-state index in [2.05, 4.69) is 10.1 Å². The summed E-state index contributed by atoms with van der Waals surface area (Å²) in [6.45, 7) is 5.05. The molecule has 10 nitrogen and oxygen atoms in total. The summed E-state index contributed by atoms with van der Waals surface area (Å²) in [4.78, 5) is 26.5. The van der Waals surface area contributed by atoms with Gasteiger partial charge in [-0.05, 0) is 25.5 Å². The van der Waals surface area contributed by atoms with Crippen LogP contribution in [0.25, 0.3) is 11.0 Å². The number of H-pyrrole nitrogens is 1. The van der Waals surface area contributed by atoms with E-state index in [1.165, 1.54) is 4.31 Å². The van der Waals surface area contributed by atoms with Gasteiger partial charge in [-0.3, -0.25) is 14.3 Å². The summed E-state index contributed by atoms with van der Waals surface area (Å²) in [5.41, 5.74) is 1.41. The number of hydrogen-bond acceptors (Lipinski definition) is 7. The van der Waals surface area contributed by atoms with Crippen LogP contribution in [0.5, 0.6) is 0 Å². The van der Waals surface area contributed by atoms with E-state index < -0.39 is 16.1 Å². The Morgan fingerprint density at radius 1 is 1.19 bits per heavy atom. The molecule has 0 aliphatic carbocycles. The number of hydrogen-bond donors (Lipinski definition) is 1. The molecule has 1 atom stereocenters. The van der Waals surface area contributed by atoms with Gasteiger partial charge in [0.25, 0.3) is 5.56 Å². The number of aromatic amines is 1. The molecule has 0 bridgehead atoms. The summed E-state index contributed by atoms with van der Waals surface area (Å²) in [5, 5.41) is 6.16. The maximum atomic E-state index is 13.2. The van der Waals surface area contributed by atoms with Crippen molar-refractivity contribution < 1.29 is 13.3 Å². The number of hydroxylamine groups is 2. The van der Waals surface area contributed by atoms with Gasteiger partial charge in [0, 0.05) is 26.7 Å². The molecule has 1 aliphatic rings. The van der Waals surface area contributed by atoms with Crippen LogP contribution in [0.15, 0.2) is 40.0 Å². The number of benzene rings is 1. The molecule has 1 saturated heterocycles. The van der Waals surface area contributed by atoms with E-state index in [4.69, 9.17) is 9.82 Å². The minimum Gasteiger partial charge on any atom is -0.307 e. The first-order valence-corrected chi connectivity index (χ1v) is 12.2. The van der Waals surface area contributed by atoms with Gasteiger partial charge in [-0.2, -0.15) is 14.5 Å². The molecule has 4 rings (SSSR count). The number of nitrogens with one attached hydrogen (secondary N) is 1. The van der Waals surface area contributed by atoms with E-state index in [0.29, 0.717) is 36.4 Å². The highest BCUT2D eigenvalue weighted by atomic mass is 32.2. The van der Waals surface area contributed by atoms with Crippen molar-refractivity contribution in [3.63, 3.8) is 0 Å². The zero-order chi connectivity index (χ0) is 22.9. The van der Waals surface area contributed by atoms with E-state index in [1.54, 1.807) is 47.1 Å². The number of rotatable bonds is 7. The summed E-state index contributed by atoms with van der Waals surface area (Å²) in [6, 6.07) is 7.78. The molecule has 172 valence electrons. The predicted molar refractivity (Wildman–Crippen MR) is 119 cm³/mol. The Balaban J connectivity index is 1.76. The molecule has 1 aliphatic heterocycles. The van der Waals surface area contributed by atoms with Crippen molar-refractivity contribution in [2.75, 3.05) is 26.2 Å². The van der Waals surface area contributed by atoms with Crippen molar-refractivity contribution in [1.29, 1.82) is 0 Å². The van der Waals surface area contributed by atoms with E-state index in [9.17, 15) is 13.2 Å². The average molecular weight is 461 g/mol. The Bertz CT molecular complexity index is 1250. The lowest BCUT2D eigenvalue weighted by Gasteiger charge is -2.38. The van der Waals surface area contributed by atoms with Gasteiger partial charge >= 0.3 is 0 Å². The topological polar surface area (TPSA) is 113 Å². The second-order valence-corrected chi connectivity index (χ2v) is 9.66. The van der Waals surface area contributed by atoms with Crippen molar-refractivity contribution in [2.24, 2.45) is 7.05 Å². The highest BCUT2D eigenvalue weighted by Gasteiger charge is 2.37. The molecule has 3 aromatic rings. The molecule has 1 aromatic carbocycles. The third kappa shape index (κ3) is 4.08. The summed E-state index contributed by atoms with van der Waals surface area (Å²) in [6.07, 6.45) is 1.56. The summed E-state index contributed by atoms with van der Waals surface area (Å²) in [5.74, 6) is 0.370. The molecule has 3 heterocycles. The largest absolute Gasteiger partial charge is 0.307 e. The van der Waals surface area contributed by atoms with E-state index in [0.717, 1.165) is 12.1 Å². The summed E-state index contributed by atoms with van der Waals surface area (Å²) in [7, 11) is -1.97. The van der Waals surface area contributed by atoms with E-state index in [-0.39, 0.29) is 23.5 Å². The lowest BCUT2D eigenvalue weighted by Crippen LogP contribution is -2.50. The summed E-state index contributed by atoms with van der Waals surface area (Å²) >= 11 is 0. The molecule has 1 N–H and O–H groups in total. The highest BCUT2D eigenvalue weighted by Crippen LogP contribution is 2.28. The van der Waals surface area contributed by atoms with Crippen molar-refractivity contribution in [3.05, 3.63) is 52.2 Å². The number of sulfonamides is 1. The van der Waals surface area contributed by atoms with Crippen LogP contribution in [0.3, 0.4) is 0 Å². The molecule has 0 amide bonds. The fourth-order valence-corrected chi connectivity index (χ4v) is 5.53. The monoisotopic (exact) mass is 460 g/mol. The normalized spacial score (nSPS) is 18.4. The van der Waals surface area contributed by atoms with Crippen molar-refractivity contribution in [1.82, 2.24) is 29.1 Å². The van der Waals surface area contributed by atoms with Crippen LogP contribution >= 0.6 is 0 Å². The van der Waals surface area contributed by atoms with Gasteiger partial charge in [0.15, 0.2) is 5.52 Å². The van der Waals surface area contributed by atoms with Crippen LogP contribution in [-0.4, -0.2) is 63.8 Å². The van der Waals surface area contributed by atoms with Crippen molar-refractivity contribution >= 4 is 21.1 Å². The smallest absolute Gasteiger partial charge is 0.277 e. The Morgan fingerprint density at radius 2 is 1.94 bits per heavy atom. The lowest BCUT2D eigenvalue weighted by atomic mass is 10.2. The van der Waals surface area contributed by atoms with E-state index >= 15 is 0 Å². The minimum atomic E-state index is -3.69. The Morgan fingerprint density at radius 3 is 2.62 bits per heavy atom. The van der Waals surface area contributed by atoms with Gasteiger partial charge in [0.2, 0.25) is 10.0 Å². The number of aryl methyl sites for hydroxylation is 2. The van der Waals surface area contributed by atoms with Crippen molar-refractivity contribution in [2.45, 2.75) is 37.6 Å². The molecule has 2 aromatic heterocycles. The molecular formula is C21H28N6O4S. The van der Waals surface area contributed by atoms with Gasteiger partial charge in [-0.25, -0.2) is 13.4 Å². The summed E-state index contributed by atoms with van der Waals surface area (Å²) < 4.78 is 29.4. The molecule has 0 radical (unpaired) electrons. The lowest BCUT2D eigenvalue weighted by molar-refractivity contribution is -0.200. The molecular weight excluding hydrogens is 432 g/mol. The second kappa shape index (κ2) is 9.10. The van der Waals surface area contributed by atoms with Crippen LogP contribution in [0.4, 0.5) is 0 Å². The second-order valence-electron chi connectivity index (χ2n) is 7.72. The molecule has 0 saturated carbocycles. The van der Waals surface area contributed by atoms with Gasteiger partial charge in [-0.15, -0.1) is 0 Å². The highest BCUT2D eigenvalue weighted by molar-refractivity contribution is 7.89. The Kier molecular flexibility index (Phi) is 6.42. The minimum absolute atomic E-state index is 0.106. The van der Waals surface area contributed by atoms with Crippen LogP contribution < -0.4 is 5.56 Å². The molecule has 32 heavy (non-hydrogen) atoms. The number of piperazine rings is 1. The standard InChI is InChI=1S/C21H28N6O4S/c1-4-9-16-18-19(25(3)24-16)21(28)23-20(22-18)17-14-26(12-13-27(17)31-5-2)32(29,30)15-10-7-6-8-11-15/h6-8,10-11,17H,4-5,9,12-14H2,1-3H3,(H,22,23,28). The SMILES string of the molecule is CCCc1nn(C)c2c(=O)[nH]c(C3CN(S(=O)(=O)c4ccccc4)CCN3OCC)nc12. The van der Waals surface area contributed by atoms with Crippen LogP contribution in [0.1, 0.15) is 37.8 Å². The Labute approximate surface area is 186 Å². The maximum Gasteiger partial charge on any atom is 0.277 e. The number of fused-ring (bicyclic) bond motifs is 1. The quantitative estimate of drug-likeness (QED) is 0.570. The van der Waals surface area contributed by atoms with E-state index in [1.807, 2.05) is 13.8 Å². The van der Waals surface area contributed by atoms with Crippen molar-refractivity contribution in [3.8, 4) is 0 Å². The molecule has 11 heteroatoms. The number of aromatic nitrogens is 4. The molecule has 0 spiro atoms. The van der Waals surface area contributed by atoms with Gasteiger partial charge < -0.3 is 4.98 Å². The molecule has 1 fully saturated rings. The van der Waals surface area contributed by atoms with Crippen LogP contribution in [0, 0.1) is 0 Å².